The maximum atomic E-state index is 12.7. The Morgan fingerprint density at radius 1 is 1.18 bits per heavy atom. The molecule has 0 N–H and O–H groups in total. The van der Waals surface area contributed by atoms with Crippen molar-refractivity contribution < 1.29 is 13.6 Å². The van der Waals surface area contributed by atoms with E-state index in [0.29, 0.717) is 5.76 Å². The van der Waals surface area contributed by atoms with Crippen LogP contribution in [0.15, 0.2) is 40.8 Å². The number of ketones is 1. The molecule has 0 amide bonds. The second kappa shape index (κ2) is 4.95. The number of carbonyl (C=O) groups is 1. The molecule has 0 bridgehead atoms. The highest BCUT2D eigenvalue weighted by Gasteiger charge is 2.11. The standard InChI is InChI=1S/C14H13FO2/c1-2-12-7-8-14(17-12)13(16)9-10-3-5-11(15)6-4-10/h3-8H,2,9H2,1H3. The predicted molar refractivity (Wildman–Crippen MR) is 62.5 cm³/mol. The van der Waals surface area contributed by atoms with Gasteiger partial charge >= 0.3 is 0 Å². The van der Waals surface area contributed by atoms with Crippen molar-refractivity contribution in [3.63, 3.8) is 0 Å². The molecule has 0 aliphatic rings. The first kappa shape index (κ1) is 11.6. The first-order valence-corrected chi connectivity index (χ1v) is 5.55. The van der Waals surface area contributed by atoms with Gasteiger partial charge in [0.25, 0.3) is 0 Å². The molecular weight excluding hydrogens is 219 g/mol. The number of hydrogen-bond donors (Lipinski definition) is 0. The van der Waals surface area contributed by atoms with Crippen LogP contribution in [-0.4, -0.2) is 5.78 Å². The van der Waals surface area contributed by atoms with Crippen molar-refractivity contribution in [2.24, 2.45) is 0 Å². The summed E-state index contributed by atoms with van der Waals surface area (Å²) in [5.41, 5.74) is 0.783. The van der Waals surface area contributed by atoms with Crippen LogP contribution >= 0.6 is 0 Å². The fourth-order valence-electron chi connectivity index (χ4n) is 1.59. The topological polar surface area (TPSA) is 30.2 Å². The number of rotatable bonds is 4. The summed E-state index contributed by atoms with van der Waals surface area (Å²) in [6, 6.07) is 9.40. The Balaban J connectivity index is 2.08. The highest BCUT2D eigenvalue weighted by Crippen LogP contribution is 2.12. The van der Waals surface area contributed by atoms with E-state index in [4.69, 9.17) is 4.42 Å². The van der Waals surface area contributed by atoms with Crippen LogP contribution in [0.1, 0.15) is 28.8 Å². The number of benzene rings is 1. The highest BCUT2D eigenvalue weighted by atomic mass is 19.1. The summed E-state index contributed by atoms with van der Waals surface area (Å²) in [7, 11) is 0. The number of Topliss-reactive ketones (excluding diaryl/α,β-unsaturated/α-hetero) is 1. The third-order valence-electron chi connectivity index (χ3n) is 2.56. The Morgan fingerprint density at radius 2 is 1.88 bits per heavy atom. The van der Waals surface area contributed by atoms with Gasteiger partial charge < -0.3 is 4.42 Å². The van der Waals surface area contributed by atoms with Crippen LogP contribution in [-0.2, 0) is 12.8 Å². The summed E-state index contributed by atoms with van der Waals surface area (Å²) in [4.78, 5) is 11.8. The molecule has 0 saturated carbocycles. The molecule has 0 spiro atoms. The number of furan rings is 1. The summed E-state index contributed by atoms with van der Waals surface area (Å²) in [5.74, 6) is 0.780. The Morgan fingerprint density at radius 3 is 2.47 bits per heavy atom. The smallest absolute Gasteiger partial charge is 0.202 e. The second-order valence-electron chi connectivity index (χ2n) is 3.85. The lowest BCUT2D eigenvalue weighted by molar-refractivity contribution is 0.0964. The molecule has 3 heteroatoms. The first-order valence-electron chi connectivity index (χ1n) is 5.55. The van der Waals surface area contributed by atoms with E-state index in [1.807, 2.05) is 6.92 Å². The third kappa shape index (κ3) is 2.81. The predicted octanol–water partition coefficient (Wildman–Crippen LogP) is 3.41. The van der Waals surface area contributed by atoms with E-state index in [-0.39, 0.29) is 18.0 Å². The average Bonchev–Trinajstić information content (AvgIpc) is 2.81. The van der Waals surface area contributed by atoms with E-state index in [2.05, 4.69) is 0 Å². The van der Waals surface area contributed by atoms with Crippen molar-refractivity contribution in [1.29, 1.82) is 0 Å². The largest absolute Gasteiger partial charge is 0.458 e. The maximum Gasteiger partial charge on any atom is 0.202 e. The number of halogens is 1. The average molecular weight is 232 g/mol. The molecule has 2 aromatic rings. The zero-order valence-electron chi connectivity index (χ0n) is 9.57. The summed E-state index contributed by atoms with van der Waals surface area (Å²) >= 11 is 0. The fraction of sp³-hybridized carbons (Fsp3) is 0.214. The third-order valence-corrected chi connectivity index (χ3v) is 2.56. The van der Waals surface area contributed by atoms with Crippen LogP contribution < -0.4 is 0 Å². The molecule has 2 rings (SSSR count). The van der Waals surface area contributed by atoms with Crippen molar-refractivity contribution in [2.75, 3.05) is 0 Å². The summed E-state index contributed by atoms with van der Waals surface area (Å²) in [6.07, 6.45) is 1.00. The molecule has 0 fully saturated rings. The van der Waals surface area contributed by atoms with Crippen LogP contribution in [0.25, 0.3) is 0 Å². The maximum absolute atomic E-state index is 12.7. The van der Waals surface area contributed by atoms with Crippen molar-refractivity contribution in [3.05, 3.63) is 59.3 Å². The summed E-state index contributed by atoms with van der Waals surface area (Å²) in [5, 5.41) is 0. The Kier molecular flexibility index (Phi) is 3.38. The van der Waals surface area contributed by atoms with Gasteiger partial charge in [0.05, 0.1) is 0 Å². The zero-order chi connectivity index (χ0) is 12.3. The van der Waals surface area contributed by atoms with Crippen LogP contribution in [0.4, 0.5) is 4.39 Å². The Bertz CT molecular complexity index is 511. The summed E-state index contributed by atoms with van der Waals surface area (Å²) in [6.45, 7) is 1.97. The zero-order valence-corrected chi connectivity index (χ0v) is 9.57. The molecule has 0 saturated heterocycles. The van der Waals surface area contributed by atoms with Gasteiger partial charge in [-0.25, -0.2) is 4.39 Å². The molecule has 88 valence electrons. The molecule has 0 aliphatic carbocycles. The van der Waals surface area contributed by atoms with E-state index in [0.717, 1.165) is 17.7 Å². The molecule has 2 nitrogen and oxygen atoms in total. The van der Waals surface area contributed by atoms with Gasteiger partial charge in [0.1, 0.15) is 11.6 Å². The molecule has 1 heterocycles. The molecule has 0 radical (unpaired) electrons. The molecule has 1 aromatic carbocycles. The molecule has 0 unspecified atom stereocenters. The SMILES string of the molecule is CCc1ccc(C(=O)Cc2ccc(F)cc2)o1. The molecule has 0 aliphatic heterocycles. The van der Waals surface area contributed by atoms with E-state index >= 15 is 0 Å². The van der Waals surface area contributed by atoms with E-state index in [9.17, 15) is 9.18 Å². The molecular formula is C14H13FO2. The van der Waals surface area contributed by atoms with Gasteiger partial charge in [-0.15, -0.1) is 0 Å². The lowest BCUT2D eigenvalue weighted by Crippen LogP contribution is -2.02. The second-order valence-corrected chi connectivity index (χ2v) is 3.85. The minimum absolute atomic E-state index is 0.0868. The Labute approximate surface area is 99.1 Å². The highest BCUT2D eigenvalue weighted by molar-refractivity contribution is 5.95. The van der Waals surface area contributed by atoms with Crippen molar-refractivity contribution in [2.45, 2.75) is 19.8 Å². The van der Waals surface area contributed by atoms with E-state index in [1.165, 1.54) is 12.1 Å². The number of hydrogen-bond acceptors (Lipinski definition) is 2. The minimum atomic E-state index is -0.299. The molecule has 0 atom stereocenters. The van der Waals surface area contributed by atoms with Gasteiger partial charge in [-0.1, -0.05) is 19.1 Å². The van der Waals surface area contributed by atoms with Crippen LogP contribution in [0.3, 0.4) is 0 Å². The van der Waals surface area contributed by atoms with Gasteiger partial charge in [-0.3, -0.25) is 4.79 Å². The number of carbonyl (C=O) groups excluding carboxylic acids is 1. The van der Waals surface area contributed by atoms with Crippen molar-refractivity contribution >= 4 is 5.78 Å². The van der Waals surface area contributed by atoms with E-state index in [1.54, 1.807) is 24.3 Å². The van der Waals surface area contributed by atoms with Crippen LogP contribution in [0, 0.1) is 5.82 Å². The van der Waals surface area contributed by atoms with Gasteiger partial charge in [0.2, 0.25) is 5.78 Å². The Hall–Kier alpha value is -1.90. The fourth-order valence-corrected chi connectivity index (χ4v) is 1.59. The summed E-state index contributed by atoms with van der Waals surface area (Å²) < 4.78 is 18.1. The van der Waals surface area contributed by atoms with Gasteiger partial charge in [0.15, 0.2) is 5.76 Å². The first-order chi connectivity index (χ1) is 8.19. The van der Waals surface area contributed by atoms with Crippen molar-refractivity contribution in [1.82, 2.24) is 0 Å². The van der Waals surface area contributed by atoms with Gasteiger partial charge in [0, 0.05) is 12.8 Å². The molecule has 17 heavy (non-hydrogen) atoms. The van der Waals surface area contributed by atoms with Crippen LogP contribution in [0.5, 0.6) is 0 Å². The van der Waals surface area contributed by atoms with Crippen LogP contribution in [0.2, 0.25) is 0 Å². The lowest BCUT2D eigenvalue weighted by atomic mass is 10.1. The van der Waals surface area contributed by atoms with Crippen molar-refractivity contribution in [3.8, 4) is 0 Å². The normalized spacial score (nSPS) is 10.5. The van der Waals surface area contributed by atoms with E-state index < -0.39 is 0 Å². The minimum Gasteiger partial charge on any atom is -0.458 e. The number of aryl methyl sites for hydroxylation is 1. The quantitative estimate of drug-likeness (QED) is 0.756. The van der Waals surface area contributed by atoms with Gasteiger partial charge in [-0.05, 0) is 29.8 Å². The monoisotopic (exact) mass is 232 g/mol. The van der Waals surface area contributed by atoms with Gasteiger partial charge in [-0.2, -0.15) is 0 Å². The molecule has 1 aromatic heterocycles. The lowest BCUT2D eigenvalue weighted by Gasteiger charge is -1.98.